The second kappa shape index (κ2) is 4.87. The number of hydrogen-bond donors (Lipinski definition) is 1. The molecule has 0 aliphatic rings. The lowest BCUT2D eigenvalue weighted by molar-refractivity contribution is 0.525. The van der Waals surface area contributed by atoms with Crippen molar-refractivity contribution in [3.05, 3.63) is 24.3 Å². The van der Waals surface area contributed by atoms with E-state index in [-0.39, 0.29) is 11.0 Å². The highest BCUT2D eigenvalue weighted by Gasteiger charge is 2.11. The van der Waals surface area contributed by atoms with Gasteiger partial charge in [0.05, 0.1) is 0 Å². The molecule has 1 atom stereocenters. The van der Waals surface area contributed by atoms with Gasteiger partial charge in [-0.15, -0.1) is 0 Å². The molecule has 1 aromatic rings. The van der Waals surface area contributed by atoms with Crippen LogP contribution in [-0.4, -0.2) is 20.1 Å². The van der Waals surface area contributed by atoms with Gasteiger partial charge in [-0.1, -0.05) is 6.92 Å². The van der Waals surface area contributed by atoms with Crippen molar-refractivity contribution in [2.75, 3.05) is 0 Å². The maximum absolute atomic E-state index is 9.01. The highest BCUT2D eigenvalue weighted by atomic mass is 32.1. The molecule has 1 aromatic heterocycles. The van der Waals surface area contributed by atoms with E-state index in [1.807, 2.05) is 0 Å². The zero-order chi connectivity index (χ0) is 9.68. The molecule has 0 fully saturated rings. The fourth-order valence-corrected chi connectivity index (χ4v) is 1.43. The molecule has 1 unspecified atom stereocenters. The van der Waals surface area contributed by atoms with Gasteiger partial charge in [-0.2, -0.15) is 0 Å². The molecule has 0 aromatic carbocycles. The summed E-state index contributed by atoms with van der Waals surface area (Å²) in [7, 11) is 0. The Bertz CT molecular complexity index is 276. The number of thiocarbonyl (C=S) groups is 1. The molecule has 0 radical (unpaired) electrons. The summed E-state index contributed by atoms with van der Waals surface area (Å²) in [5, 5.41) is 9.06. The minimum absolute atomic E-state index is 0.0516. The number of aromatic nitrogens is 2. The third-order valence-corrected chi connectivity index (χ3v) is 2.13. The van der Waals surface area contributed by atoms with Crippen molar-refractivity contribution >= 4 is 17.3 Å². The zero-order valence-corrected chi connectivity index (χ0v) is 8.29. The fraction of sp³-hybridized carbons (Fsp3) is 0.444. The van der Waals surface area contributed by atoms with E-state index in [1.54, 1.807) is 12.4 Å². The Kier molecular flexibility index (Phi) is 3.76. The SMILES string of the molecule is CCC(CC(O)=S)c1cncnc1. The number of hydrogen-bond acceptors (Lipinski definition) is 3. The minimum Gasteiger partial charge on any atom is -0.502 e. The van der Waals surface area contributed by atoms with Crippen molar-refractivity contribution in [3.63, 3.8) is 0 Å². The van der Waals surface area contributed by atoms with E-state index in [0.29, 0.717) is 6.42 Å². The van der Waals surface area contributed by atoms with Gasteiger partial charge in [0.25, 0.3) is 0 Å². The van der Waals surface area contributed by atoms with Crippen molar-refractivity contribution in [2.45, 2.75) is 25.7 Å². The van der Waals surface area contributed by atoms with Crippen LogP contribution < -0.4 is 0 Å². The molecule has 70 valence electrons. The molecule has 0 spiro atoms. The van der Waals surface area contributed by atoms with E-state index in [4.69, 9.17) is 5.11 Å². The molecule has 0 saturated heterocycles. The molecule has 1 rings (SSSR count). The molecule has 3 nitrogen and oxygen atoms in total. The second-order valence-electron chi connectivity index (χ2n) is 2.87. The maximum Gasteiger partial charge on any atom is 0.157 e. The van der Waals surface area contributed by atoms with Crippen molar-refractivity contribution in [1.82, 2.24) is 9.97 Å². The van der Waals surface area contributed by atoms with Gasteiger partial charge in [-0.05, 0) is 30.1 Å². The molecule has 0 bridgehead atoms. The van der Waals surface area contributed by atoms with Crippen LogP contribution in [0.3, 0.4) is 0 Å². The highest BCUT2D eigenvalue weighted by molar-refractivity contribution is 7.80. The normalized spacial score (nSPS) is 12.4. The summed E-state index contributed by atoms with van der Waals surface area (Å²) in [6.45, 7) is 2.05. The van der Waals surface area contributed by atoms with Gasteiger partial charge in [0.2, 0.25) is 0 Å². The molecule has 0 aliphatic heterocycles. The van der Waals surface area contributed by atoms with E-state index < -0.39 is 0 Å². The summed E-state index contributed by atoms with van der Waals surface area (Å²) >= 11 is 4.65. The van der Waals surface area contributed by atoms with Gasteiger partial charge in [0.15, 0.2) is 5.05 Å². The Morgan fingerprint density at radius 3 is 2.62 bits per heavy atom. The van der Waals surface area contributed by atoms with Crippen LogP contribution >= 0.6 is 12.2 Å². The average molecular weight is 196 g/mol. The summed E-state index contributed by atoms with van der Waals surface area (Å²) in [6.07, 6.45) is 6.46. The lowest BCUT2D eigenvalue weighted by Crippen LogP contribution is -2.04. The smallest absolute Gasteiger partial charge is 0.157 e. The summed E-state index contributed by atoms with van der Waals surface area (Å²) in [5.74, 6) is 0.235. The van der Waals surface area contributed by atoms with Gasteiger partial charge in [-0.3, -0.25) is 0 Å². The predicted molar refractivity (Wildman–Crippen MR) is 54.9 cm³/mol. The number of aliphatic hydroxyl groups is 1. The summed E-state index contributed by atoms with van der Waals surface area (Å²) in [5.41, 5.74) is 1.03. The first-order chi connectivity index (χ1) is 6.24. The maximum atomic E-state index is 9.01. The summed E-state index contributed by atoms with van der Waals surface area (Å²) in [6, 6.07) is 0. The van der Waals surface area contributed by atoms with E-state index in [9.17, 15) is 0 Å². The molecule has 1 N–H and O–H groups in total. The van der Waals surface area contributed by atoms with Gasteiger partial charge in [0.1, 0.15) is 6.33 Å². The van der Waals surface area contributed by atoms with Gasteiger partial charge >= 0.3 is 0 Å². The Morgan fingerprint density at radius 2 is 2.15 bits per heavy atom. The number of aliphatic hydroxyl groups excluding tert-OH is 1. The van der Waals surface area contributed by atoms with Gasteiger partial charge < -0.3 is 5.11 Å². The van der Waals surface area contributed by atoms with Crippen LogP contribution in [0.15, 0.2) is 18.7 Å². The third kappa shape index (κ3) is 3.06. The standard InChI is InChI=1S/C9H12N2OS/c1-2-7(3-9(12)13)8-4-10-6-11-5-8/h4-7H,2-3H2,1H3,(H,12,13). The van der Waals surface area contributed by atoms with Crippen LogP contribution in [-0.2, 0) is 0 Å². The lowest BCUT2D eigenvalue weighted by atomic mass is 9.96. The highest BCUT2D eigenvalue weighted by Crippen LogP contribution is 2.21. The largest absolute Gasteiger partial charge is 0.502 e. The predicted octanol–water partition coefficient (Wildman–Crippen LogP) is 2.25. The molecule has 0 saturated carbocycles. The molecular formula is C9H12N2OS. The fourth-order valence-electron chi connectivity index (χ4n) is 1.23. The Labute approximate surface area is 82.8 Å². The van der Waals surface area contributed by atoms with E-state index in [0.717, 1.165) is 12.0 Å². The minimum atomic E-state index is 0.0516. The van der Waals surface area contributed by atoms with Gasteiger partial charge in [-0.25, -0.2) is 9.97 Å². The van der Waals surface area contributed by atoms with Crippen LogP contribution in [0.5, 0.6) is 0 Å². The zero-order valence-electron chi connectivity index (χ0n) is 7.47. The van der Waals surface area contributed by atoms with Gasteiger partial charge in [0, 0.05) is 18.8 Å². The quantitative estimate of drug-likeness (QED) is 0.750. The van der Waals surface area contributed by atoms with Crippen LogP contribution in [0.2, 0.25) is 0 Å². The number of rotatable bonds is 4. The van der Waals surface area contributed by atoms with Crippen molar-refractivity contribution in [3.8, 4) is 0 Å². The summed E-state index contributed by atoms with van der Waals surface area (Å²) < 4.78 is 0. The Morgan fingerprint density at radius 1 is 1.54 bits per heavy atom. The number of nitrogens with zero attached hydrogens (tertiary/aromatic N) is 2. The second-order valence-corrected chi connectivity index (χ2v) is 3.35. The molecule has 13 heavy (non-hydrogen) atoms. The molecule has 0 aliphatic carbocycles. The lowest BCUT2D eigenvalue weighted by Gasteiger charge is -2.11. The van der Waals surface area contributed by atoms with Crippen LogP contribution in [0.4, 0.5) is 0 Å². The molecule has 1 heterocycles. The summed E-state index contributed by atoms with van der Waals surface area (Å²) in [4.78, 5) is 7.85. The molecular weight excluding hydrogens is 184 g/mol. The topological polar surface area (TPSA) is 46.0 Å². The van der Waals surface area contributed by atoms with Crippen molar-refractivity contribution in [1.29, 1.82) is 0 Å². The van der Waals surface area contributed by atoms with Crippen molar-refractivity contribution < 1.29 is 5.11 Å². The first-order valence-corrected chi connectivity index (χ1v) is 4.61. The van der Waals surface area contributed by atoms with Crippen LogP contribution in [0.25, 0.3) is 0 Å². The average Bonchev–Trinajstić information content (AvgIpc) is 2.15. The molecule has 4 heteroatoms. The monoisotopic (exact) mass is 196 g/mol. The first kappa shape index (κ1) is 10.1. The Balaban J connectivity index is 2.73. The van der Waals surface area contributed by atoms with Crippen LogP contribution in [0.1, 0.15) is 31.2 Å². The van der Waals surface area contributed by atoms with E-state index >= 15 is 0 Å². The van der Waals surface area contributed by atoms with E-state index in [1.165, 1.54) is 6.33 Å². The molecule has 0 amide bonds. The Hall–Kier alpha value is -1.03. The van der Waals surface area contributed by atoms with Crippen LogP contribution in [0, 0.1) is 0 Å². The van der Waals surface area contributed by atoms with E-state index in [2.05, 4.69) is 29.1 Å². The first-order valence-electron chi connectivity index (χ1n) is 4.20. The third-order valence-electron chi connectivity index (χ3n) is 1.97. The van der Waals surface area contributed by atoms with Crippen molar-refractivity contribution in [2.24, 2.45) is 0 Å².